The van der Waals surface area contributed by atoms with Gasteiger partial charge in [0.15, 0.2) is 0 Å². The Morgan fingerprint density at radius 2 is 2.04 bits per heavy atom. The van der Waals surface area contributed by atoms with Crippen molar-refractivity contribution in [1.29, 1.82) is 0 Å². The number of nitro benzene ring substituents is 1. The largest absolute Gasteiger partial charge is 0.507 e. The van der Waals surface area contributed by atoms with E-state index in [1.54, 1.807) is 6.92 Å². The highest BCUT2D eigenvalue weighted by molar-refractivity contribution is 8.00. The molecule has 24 heavy (non-hydrogen) atoms. The number of phenolic OH excluding ortho intramolecular Hbond substituents is 1. The number of hydrogen-bond acceptors (Lipinski definition) is 6. The summed E-state index contributed by atoms with van der Waals surface area (Å²) in [4.78, 5) is 23.1. The molecule has 0 aliphatic carbocycles. The average Bonchev–Trinajstić information content (AvgIpc) is 2.57. The van der Waals surface area contributed by atoms with E-state index in [-0.39, 0.29) is 28.2 Å². The Bertz CT molecular complexity index is 765. The van der Waals surface area contributed by atoms with Gasteiger partial charge in [0.25, 0.3) is 11.6 Å². The van der Waals surface area contributed by atoms with Gasteiger partial charge in [-0.2, -0.15) is 5.10 Å². The predicted molar refractivity (Wildman–Crippen MR) is 92.3 cm³/mol. The molecule has 0 aliphatic rings. The first-order valence-corrected chi connectivity index (χ1v) is 7.87. The summed E-state index contributed by atoms with van der Waals surface area (Å²) < 4.78 is 0. The van der Waals surface area contributed by atoms with Gasteiger partial charge in [-0.3, -0.25) is 14.9 Å². The summed E-state index contributed by atoms with van der Waals surface area (Å²) in [6.45, 7) is 1.74. The van der Waals surface area contributed by atoms with Crippen molar-refractivity contribution in [1.82, 2.24) is 5.43 Å². The minimum atomic E-state index is -0.575. The molecule has 0 spiro atoms. The van der Waals surface area contributed by atoms with Gasteiger partial charge in [0, 0.05) is 22.6 Å². The highest BCUT2D eigenvalue weighted by Crippen LogP contribution is 2.23. The quantitative estimate of drug-likeness (QED) is 0.362. The van der Waals surface area contributed by atoms with Gasteiger partial charge in [-0.15, -0.1) is 11.8 Å². The smallest absolute Gasteiger partial charge is 0.270 e. The number of carbonyl (C=O) groups excluding carboxylic acids is 1. The minimum absolute atomic E-state index is 0.146. The lowest BCUT2D eigenvalue weighted by molar-refractivity contribution is -0.384. The molecular formula is C16H15N3O4S. The van der Waals surface area contributed by atoms with Crippen LogP contribution in [0.5, 0.6) is 5.75 Å². The number of hydrogen-bond donors (Lipinski definition) is 2. The standard InChI is InChI=1S/C16H15N3O4S/c1-11(24-14-5-3-2-4-6-14)16(21)18-17-10-12-9-13(19(22)23)7-8-15(12)20/h2-11,20H,1H3,(H,18,21)/b17-10-/t11-/m0/s1. The van der Waals surface area contributed by atoms with E-state index in [1.807, 2.05) is 30.3 Å². The summed E-state index contributed by atoms with van der Waals surface area (Å²) >= 11 is 1.38. The number of non-ortho nitro benzene ring substituents is 1. The summed E-state index contributed by atoms with van der Waals surface area (Å²) in [5.74, 6) is -0.477. The number of rotatable bonds is 6. The fourth-order valence-electron chi connectivity index (χ4n) is 1.77. The zero-order valence-corrected chi connectivity index (χ0v) is 13.6. The molecule has 2 rings (SSSR count). The Morgan fingerprint density at radius 1 is 1.33 bits per heavy atom. The second-order valence-electron chi connectivity index (χ2n) is 4.81. The SMILES string of the molecule is C[C@H](Sc1ccccc1)C(=O)N/N=C\c1cc([N+](=O)[O-])ccc1O. The number of amides is 1. The number of thioether (sulfide) groups is 1. The molecular weight excluding hydrogens is 330 g/mol. The Kier molecular flexibility index (Phi) is 5.91. The number of aromatic hydroxyl groups is 1. The normalized spacial score (nSPS) is 12.0. The zero-order valence-electron chi connectivity index (χ0n) is 12.7. The van der Waals surface area contributed by atoms with Gasteiger partial charge in [-0.1, -0.05) is 18.2 Å². The van der Waals surface area contributed by atoms with Gasteiger partial charge >= 0.3 is 0 Å². The van der Waals surface area contributed by atoms with Gasteiger partial charge in [0.05, 0.1) is 16.4 Å². The summed E-state index contributed by atoms with van der Waals surface area (Å²) in [6, 6.07) is 13.0. The number of nitrogens with one attached hydrogen (secondary N) is 1. The second-order valence-corrected chi connectivity index (χ2v) is 6.22. The van der Waals surface area contributed by atoms with Crippen LogP contribution < -0.4 is 5.43 Å². The summed E-state index contributed by atoms with van der Waals surface area (Å²) in [5, 5.41) is 23.7. The molecule has 2 N–H and O–H groups in total. The van der Waals surface area contributed by atoms with Gasteiger partial charge in [0.1, 0.15) is 5.75 Å². The molecule has 0 saturated carbocycles. The van der Waals surface area contributed by atoms with Crippen molar-refractivity contribution in [2.24, 2.45) is 5.10 Å². The average molecular weight is 345 g/mol. The van der Waals surface area contributed by atoms with Crippen LogP contribution in [0.1, 0.15) is 12.5 Å². The van der Waals surface area contributed by atoms with Crippen molar-refractivity contribution in [2.45, 2.75) is 17.1 Å². The number of nitro groups is 1. The Morgan fingerprint density at radius 3 is 2.71 bits per heavy atom. The van der Waals surface area contributed by atoms with Crippen molar-refractivity contribution in [3.05, 3.63) is 64.2 Å². The van der Waals surface area contributed by atoms with E-state index >= 15 is 0 Å². The molecule has 0 aliphatic heterocycles. The monoisotopic (exact) mass is 345 g/mol. The third-order valence-corrected chi connectivity index (χ3v) is 4.14. The molecule has 0 unspecified atom stereocenters. The van der Waals surface area contributed by atoms with E-state index in [2.05, 4.69) is 10.5 Å². The number of benzene rings is 2. The number of hydrazone groups is 1. The molecule has 0 fully saturated rings. The molecule has 0 radical (unpaired) electrons. The number of nitrogens with zero attached hydrogens (tertiary/aromatic N) is 2. The lowest BCUT2D eigenvalue weighted by Gasteiger charge is -2.09. The van der Waals surface area contributed by atoms with Crippen LogP contribution in [0.25, 0.3) is 0 Å². The first-order chi connectivity index (χ1) is 11.5. The van der Waals surface area contributed by atoms with Gasteiger partial charge in [0.2, 0.25) is 0 Å². The molecule has 2 aromatic rings. The van der Waals surface area contributed by atoms with Crippen LogP contribution in [0.3, 0.4) is 0 Å². The van der Waals surface area contributed by atoms with Gasteiger partial charge in [-0.05, 0) is 25.1 Å². The van der Waals surface area contributed by atoms with Gasteiger partial charge in [-0.25, -0.2) is 5.43 Å². The topological polar surface area (TPSA) is 105 Å². The van der Waals surface area contributed by atoms with Gasteiger partial charge < -0.3 is 5.11 Å². The van der Waals surface area contributed by atoms with E-state index in [1.165, 1.54) is 36.2 Å². The number of phenols is 1. The maximum absolute atomic E-state index is 12.0. The highest BCUT2D eigenvalue weighted by atomic mass is 32.2. The van der Waals surface area contributed by atoms with Crippen LogP contribution in [0, 0.1) is 10.1 Å². The van der Waals surface area contributed by atoms with Crippen LogP contribution in [0.15, 0.2) is 58.5 Å². The van der Waals surface area contributed by atoms with Crippen molar-refractivity contribution < 1.29 is 14.8 Å². The third-order valence-electron chi connectivity index (χ3n) is 3.03. The lowest BCUT2D eigenvalue weighted by Crippen LogP contribution is -2.26. The predicted octanol–water partition coefficient (Wildman–Crippen LogP) is 2.93. The second kappa shape index (κ2) is 8.11. The summed E-state index contributed by atoms with van der Waals surface area (Å²) in [7, 11) is 0. The van der Waals surface area contributed by atoms with Crippen LogP contribution >= 0.6 is 11.8 Å². The van der Waals surface area contributed by atoms with Crippen molar-refractivity contribution >= 4 is 29.6 Å². The fourth-order valence-corrected chi connectivity index (χ4v) is 2.65. The van der Waals surface area contributed by atoms with E-state index < -0.39 is 4.92 Å². The molecule has 1 atom stereocenters. The van der Waals surface area contributed by atoms with E-state index in [0.717, 1.165) is 4.90 Å². The highest BCUT2D eigenvalue weighted by Gasteiger charge is 2.13. The lowest BCUT2D eigenvalue weighted by atomic mass is 10.2. The zero-order chi connectivity index (χ0) is 17.5. The maximum atomic E-state index is 12.0. The van der Waals surface area contributed by atoms with Crippen LogP contribution in [-0.2, 0) is 4.79 Å². The van der Waals surface area contributed by atoms with Crippen molar-refractivity contribution in [2.75, 3.05) is 0 Å². The van der Waals surface area contributed by atoms with Crippen LogP contribution in [0.2, 0.25) is 0 Å². The molecule has 1 amide bonds. The molecule has 124 valence electrons. The number of carbonyl (C=O) groups is 1. The van der Waals surface area contributed by atoms with Crippen molar-refractivity contribution in [3.63, 3.8) is 0 Å². The van der Waals surface area contributed by atoms with E-state index in [9.17, 15) is 20.0 Å². The molecule has 0 heterocycles. The Hall–Kier alpha value is -2.87. The fraction of sp³-hybridized carbons (Fsp3) is 0.125. The molecule has 0 bridgehead atoms. The molecule has 0 aromatic heterocycles. The first-order valence-electron chi connectivity index (χ1n) is 6.99. The molecule has 7 nitrogen and oxygen atoms in total. The van der Waals surface area contributed by atoms with Crippen molar-refractivity contribution in [3.8, 4) is 5.75 Å². The minimum Gasteiger partial charge on any atom is -0.507 e. The molecule has 2 aromatic carbocycles. The molecule has 0 saturated heterocycles. The summed E-state index contributed by atoms with van der Waals surface area (Å²) in [5.41, 5.74) is 2.33. The third kappa shape index (κ3) is 4.82. The molecule has 8 heteroatoms. The summed E-state index contributed by atoms with van der Waals surface area (Å²) in [6.07, 6.45) is 1.17. The van der Waals surface area contributed by atoms with E-state index in [4.69, 9.17) is 0 Å². The maximum Gasteiger partial charge on any atom is 0.270 e. The van der Waals surface area contributed by atoms with Crippen LogP contribution in [-0.4, -0.2) is 27.4 Å². The first kappa shape index (κ1) is 17.5. The Balaban J connectivity index is 1.97. The van der Waals surface area contributed by atoms with Crippen LogP contribution in [0.4, 0.5) is 5.69 Å². The van der Waals surface area contributed by atoms with E-state index in [0.29, 0.717) is 0 Å². The Labute approximate surface area is 142 Å².